The molecule has 12 heteroatoms. The Bertz CT molecular complexity index is 809. The molecule has 26 heavy (non-hydrogen) atoms. The molecule has 0 radical (unpaired) electrons. The third-order valence-electron chi connectivity index (χ3n) is 2.92. The molecule has 0 bridgehead atoms. The molecule has 0 aliphatic heterocycles. The molecule has 0 spiro atoms. The largest absolute Gasteiger partial charge is 0.416 e. The number of aryl methyl sites for hydroxylation is 1. The number of halogens is 6. The molecular formula is C14H9F6N3O3. The van der Waals surface area contributed by atoms with E-state index in [1.54, 1.807) is 5.32 Å². The highest BCUT2D eigenvalue weighted by atomic mass is 19.4. The van der Waals surface area contributed by atoms with E-state index in [1.807, 2.05) is 5.32 Å². The van der Waals surface area contributed by atoms with Gasteiger partial charge in [0.1, 0.15) is 5.76 Å². The van der Waals surface area contributed by atoms with Crippen molar-refractivity contribution >= 4 is 23.3 Å². The van der Waals surface area contributed by atoms with E-state index >= 15 is 0 Å². The Morgan fingerprint density at radius 2 is 1.38 bits per heavy atom. The summed E-state index contributed by atoms with van der Waals surface area (Å²) in [5, 5.41) is 7.01. The van der Waals surface area contributed by atoms with Gasteiger partial charge in [0.2, 0.25) is 0 Å². The summed E-state index contributed by atoms with van der Waals surface area (Å²) in [6, 6.07) is 1.70. The van der Waals surface area contributed by atoms with Gasteiger partial charge in [-0.3, -0.25) is 14.9 Å². The summed E-state index contributed by atoms with van der Waals surface area (Å²) >= 11 is 0. The standard InChI is InChI=1S/C14H9F6N3O3/c1-6-2-10(23-26-6)22-12(25)11(24)21-9-4-7(13(15,16)17)3-8(5-9)14(18,19)20/h2-5H,1H3,(H,21,24)(H,22,23,25). The summed E-state index contributed by atoms with van der Waals surface area (Å²) in [5.74, 6) is -2.70. The molecule has 1 heterocycles. The zero-order valence-corrected chi connectivity index (χ0v) is 12.7. The van der Waals surface area contributed by atoms with Gasteiger partial charge < -0.3 is 9.84 Å². The van der Waals surface area contributed by atoms with Crippen molar-refractivity contribution in [2.24, 2.45) is 0 Å². The second kappa shape index (κ2) is 6.69. The van der Waals surface area contributed by atoms with Gasteiger partial charge in [0.15, 0.2) is 5.82 Å². The van der Waals surface area contributed by atoms with Gasteiger partial charge in [0, 0.05) is 11.8 Å². The van der Waals surface area contributed by atoms with E-state index < -0.39 is 41.0 Å². The molecule has 0 saturated carbocycles. The molecule has 2 rings (SSSR count). The van der Waals surface area contributed by atoms with Crippen molar-refractivity contribution in [2.75, 3.05) is 10.6 Å². The van der Waals surface area contributed by atoms with Gasteiger partial charge in [-0.05, 0) is 25.1 Å². The van der Waals surface area contributed by atoms with Crippen LogP contribution in [0.25, 0.3) is 0 Å². The maximum atomic E-state index is 12.7. The molecule has 140 valence electrons. The molecule has 6 nitrogen and oxygen atoms in total. The summed E-state index contributed by atoms with van der Waals surface area (Å²) in [6.45, 7) is 1.49. The van der Waals surface area contributed by atoms with Crippen molar-refractivity contribution in [3.05, 3.63) is 41.2 Å². The Kier molecular flexibility index (Phi) is 4.96. The fourth-order valence-electron chi connectivity index (χ4n) is 1.81. The summed E-state index contributed by atoms with van der Waals surface area (Å²) in [5.41, 5.74) is -4.10. The van der Waals surface area contributed by atoms with Crippen LogP contribution < -0.4 is 10.6 Å². The summed E-state index contributed by atoms with van der Waals surface area (Å²) in [4.78, 5) is 23.3. The monoisotopic (exact) mass is 381 g/mol. The first-order chi connectivity index (χ1) is 11.9. The molecule has 0 atom stereocenters. The third kappa shape index (κ3) is 4.74. The molecule has 0 saturated heterocycles. The lowest BCUT2D eigenvalue weighted by atomic mass is 10.1. The lowest BCUT2D eigenvalue weighted by molar-refractivity contribution is -0.143. The maximum Gasteiger partial charge on any atom is 0.416 e. The summed E-state index contributed by atoms with van der Waals surface area (Å²) in [6.07, 6.45) is -10.2. The zero-order valence-electron chi connectivity index (χ0n) is 12.7. The van der Waals surface area contributed by atoms with Crippen LogP contribution in [-0.4, -0.2) is 17.0 Å². The topological polar surface area (TPSA) is 84.2 Å². The number of amides is 2. The molecule has 0 unspecified atom stereocenters. The number of carbonyl (C=O) groups excluding carboxylic acids is 2. The van der Waals surface area contributed by atoms with Gasteiger partial charge in [-0.25, -0.2) is 0 Å². The van der Waals surface area contributed by atoms with E-state index in [9.17, 15) is 35.9 Å². The molecular weight excluding hydrogens is 372 g/mol. The van der Waals surface area contributed by atoms with Crippen molar-refractivity contribution in [3.63, 3.8) is 0 Å². The predicted molar refractivity (Wildman–Crippen MR) is 74.9 cm³/mol. The number of rotatable bonds is 2. The highest BCUT2D eigenvalue weighted by molar-refractivity contribution is 6.43. The van der Waals surface area contributed by atoms with Gasteiger partial charge in [0.05, 0.1) is 11.1 Å². The highest BCUT2D eigenvalue weighted by Crippen LogP contribution is 2.37. The van der Waals surface area contributed by atoms with Gasteiger partial charge in [-0.15, -0.1) is 0 Å². The number of alkyl halides is 6. The fraction of sp³-hybridized carbons (Fsp3) is 0.214. The van der Waals surface area contributed by atoms with Crippen molar-refractivity contribution < 1.29 is 40.5 Å². The van der Waals surface area contributed by atoms with Crippen LogP contribution in [0.1, 0.15) is 16.9 Å². The van der Waals surface area contributed by atoms with Crippen LogP contribution in [0.3, 0.4) is 0 Å². The maximum absolute atomic E-state index is 12.7. The van der Waals surface area contributed by atoms with Crippen molar-refractivity contribution in [1.29, 1.82) is 0 Å². The number of benzene rings is 1. The predicted octanol–water partition coefficient (Wildman–Crippen LogP) is 3.60. The molecule has 1 aromatic heterocycles. The van der Waals surface area contributed by atoms with Gasteiger partial charge >= 0.3 is 24.2 Å². The first kappa shape index (κ1) is 19.3. The lowest BCUT2D eigenvalue weighted by Gasteiger charge is -2.14. The minimum atomic E-state index is -5.08. The number of hydrogen-bond donors (Lipinski definition) is 2. The average molecular weight is 381 g/mol. The van der Waals surface area contributed by atoms with Crippen LogP contribution in [0.15, 0.2) is 28.8 Å². The van der Waals surface area contributed by atoms with E-state index in [0.717, 1.165) is 0 Å². The van der Waals surface area contributed by atoms with Crippen LogP contribution in [0.5, 0.6) is 0 Å². The van der Waals surface area contributed by atoms with E-state index in [0.29, 0.717) is 5.76 Å². The molecule has 0 aliphatic rings. The number of aromatic nitrogens is 1. The van der Waals surface area contributed by atoms with E-state index in [4.69, 9.17) is 0 Å². The Morgan fingerprint density at radius 3 is 1.81 bits per heavy atom. The first-order valence-corrected chi connectivity index (χ1v) is 6.71. The average Bonchev–Trinajstić information content (AvgIpc) is 2.90. The fourth-order valence-corrected chi connectivity index (χ4v) is 1.81. The molecule has 2 N–H and O–H groups in total. The van der Waals surface area contributed by atoms with Crippen LogP contribution in [0.2, 0.25) is 0 Å². The normalized spacial score (nSPS) is 12.0. The number of nitrogens with one attached hydrogen (secondary N) is 2. The second-order valence-corrected chi connectivity index (χ2v) is 5.03. The SMILES string of the molecule is Cc1cc(NC(=O)C(=O)Nc2cc(C(F)(F)F)cc(C(F)(F)F)c2)no1. The van der Waals surface area contributed by atoms with Crippen molar-refractivity contribution in [1.82, 2.24) is 5.16 Å². The van der Waals surface area contributed by atoms with E-state index in [1.165, 1.54) is 13.0 Å². The van der Waals surface area contributed by atoms with E-state index in [-0.39, 0.29) is 24.0 Å². The van der Waals surface area contributed by atoms with Crippen LogP contribution in [0, 0.1) is 6.92 Å². The number of hydrogen-bond acceptors (Lipinski definition) is 4. The second-order valence-electron chi connectivity index (χ2n) is 5.03. The minimum Gasteiger partial charge on any atom is -0.360 e. The third-order valence-corrected chi connectivity index (χ3v) is 2.92. The molecule has 0 aliphatic carbocycles. The van der Waals surface area contributed by atoms with Crippen LogP contribution in [0.4, 0.5) is 37.8 Å². The van der Waals surface area contributed by atoms with Crippen molar-refractivity contribution in [2.45, 2.75) is 19.3 Å². The Morgan fingerprint density at radius 1 is 0.885 bits per heavy atom. The summed E-state index contributed by atoms with van der Waals surface area (Å²) < 4.78 is 81.1. The minimum absolute atomic E-state index is 0.103. The van der Waals surface area contributed by atoms with Crippen LogP contribution >= 0.6 is 0 Å². The van der Waals surface area contributed by atoms with E-state index in [2.05, 4.69) is 9.68 Å². The van der Waals surface area contributed by atoms with Gasteiger partial charge in [0.25, 0.3) is 0 Å². The Labute approximate surface area is 141 Å². The summed E-state index contributed by atoms with van der Waals surface area (Å²) in [7, 11) is 0. The number of nitrogens with zero attached hydrogens (tertiary/aromatic N) is 1. The molecule has 2 amide bonds. The van der Waals surface area contributed by atoms with Gasteiger partial charge in [-0.2, -0.15) is 26.3 Å². The smallest absolute Gasteiger partial charge is 0.360 e. The molecule has 1 aromatic carbocycles. The Balaban J connectivity index is 2.24. The number of anilines is 2. The Hall–Kier alpha value is -3.05. The van der Waals surface area contributed by atoms with Crippen molar-refractivity contribution in [3.8, 4) is 0 Å². The quantitative estimate of drug-likeness (QED) is 0.615. The number of carbonyl (C=O) groups is 2. The van der Waals surface area contributed by atoms with Crippen LogP contribution in [-0.2, 0) is 21.9 Å². The molecule has 2 aromatic rings. The first-order valence-electron chi connectivity index (χ1n) is 6.71. The zero-order chi connectivity index (χ0) is 19.7. The molecule has 0 fully saturated rings. The lowest BCUT2D eigenvalue weighted by Crippen LogP contribution is -2.29. The van der Waals surface area contributed by atoms with Gasteiger partial charge in [-0.1, -0.05) is 5.16 Å². The highest BCUT2D eigenvalue weighted by Gasteiger charge is 2.37.